The van der Waals surface area contributed by atoms with Crippen molar-refractivity contribution in [2.45, 2.75) is 4.90 Å². The summed E-state index contributed by atoms with van der Waals surface area (Å²) in [5.74, 6) is 0.222. The van der Waals surface area contributed by atoms with Crippen molar-refractivity contribution in [1.29, 1.82) is 5.26 Å². The smallest absolute Gasteiger partial charge is 0.261 e. The van der Waals surface area contributed by atoms with Crippen molar-refractivity contribution in [3.8, 4) is 17.5 Å². The Morgan fingerprint density at radius 3 is 2.70 bits per heavy atom. The molecular weight excluding hydrogens is 316 g/mol. The highest BCUT2D eigenvalue weighted by Gasteiger charge is 2.17. The van der Waals surface area contributed by atoms with Gasteiger partial charge in [0.2, 0.25) is 12.3 Å². The van der Waals surface area contributed by atoms with E-state index in [9.17, 15) is 8.42 Å². The maximum atomic E-state index is 12.5. The van der Waals surface area contributed by atoms with Crippen LogP contribution >= 0.6 is 0 Å². The molecule has 3 rings (SSSR count). The lowest BCUT2D eigenvalue weighted by Gasteiger charge is -2.09. The van der Waals surface area contributed by atoms with Gasteiger partial charge in [0.15, 0.2) is 0 Å². The molecule has 1 aromatic heterocycles. The summed E-state index contributed by atoms with van der Waals surface area (Å²) in [4.78, 5) is 0.0287. The van der Waals surface area contributed by atoms with Crippen LogP contribution in [-0.2, 0) is 10.0 Å². The van der Waals surface area contributed by atoms with Gasteiger partial charge in [-0.05, 0) is 30.3 Å². The number of hydrogen-bond acceptors (Lipinski definition) is 6. The number of aromatic nitrogens is 2. The summed E-state index contributed by atoms with van der Waals surface area (Å²) in [6.07, 6.45) is 1.16. The first-order valence-electron chi connectivity index (χ1n) is 6.49. The van der Waals surface area contributed by atoms with Crippen LogP contribution in [0.25, 0.3) is 11.5 Å². The van der Waals surface area contributed by atoms with E-state index in [1.165, 1.54) is 24.3 Å². The quantitative estimate of drug-likeness (QED) is 0.788. The van der Waals surface area contributed by atoms with E-state index >= 15 is 0 Å². The minimum atomic E-state index is -3.85. The Morgan fingerprint density at radius 2 is 1.96 bits per heavy atom. The van der Waals surface area contributed by atoms with Crippen molar-refractivity contribution in [3.63, 3.8) is 0 Å². The van der Waals surface area contributed by atoms with Gasteiger partial charge in [-0.25, -0.2) is 8.42 Å². The number of nitrogens with zero attached hydrogens (tertiary/aromatic N) is 3. The summed E-state index contributed by atoms with van der Waals surface area (Å²) in [5.41, 5.74) is 0.946. The Morgan fingerprint density at radius 1 is 1.13 bits per heavy atom. The average molecular weight is 326 g/mol. The summed E-state index contributed by atoms with van der Waals surface area (Å²) in [6, 6.07) is 14.4. The number of rotatable bonds is 4. The minimum Gasteiger partial charge on any atom is -0.423 e. The molecule has 3 aromatic rings. The summed E-state index contributed by atoms with van der Waals surface area (Å²) in [5, 5.41) is 16.4. The Hall–Kier alpha value is -3.18. The standard InChI is InChI=1S/C15H10N4O3S/c16-9-12-4-1-2-7-14(12)19-23(20,21)13-6-3-5-11(8-13)15-18-17-10-22-15/h1-8,10,19H. The molecule has 1 heterocycles. The third kappa shape index (κ3) is 3.04. The highest BCUT2D eigenvalue weighted by Crippen LogP contribution is 2.23. The topological polar surface area (TPSA) is 109 Å². The van der Waals surface area contributed by atoms with Crippen LogP contribution in [-0.4, -0.2) is 18.6 Å². The predicted octanol–water partition coefficient (Wildman–Crippen LogP) is 2.41. The Kier molecular flexibility index (Phi) is 3.78. The number of anilines is 1. The van der Waals surface area contributed by atoms with Gasteiger partial charge in [0.1, 0.15) is 6.07 Å². The van der Waals surface area contributed by atoms with Crippen molar-refractivity contribution in [2.75, 3.05) is 4.72 Å². The normalized spacial score (nSPS) is 10.9. The van der Waals surface area contributed by atoms with E-state index < -0.39 is 10.0 Å². The second-order valence-corrected chi connectivity index (χ2v) is 6.22. The molecule has 0 spiro atoms. The highest BCUT2D eigenvalue weighted by molar-refractivity contribution is 7.92. The average Bonchev–Trinajstić information content (AvgIpc) is 3.10. The lowest BCUT2D eigenvalue weighted by molar-refractivity contribution is 0.568. The van der Waals surface area contributed by atoms with Crippen molar-refractivity contribution in [2.24, 2.45) is 0 Å². The first-order valence-corrected chi connectivity index (χ1v) is 7.97. The monoisotopic (exact) mass is 326 g/mol. The molecule has 8 heteroatoms. The van der Waals surface area contributed by atoms with Crippen LogP contribution in [0.4, 0.5) is 5.69 Å². The molecule has 0 unspecified atom stereocenters. The fourth-order valence-electron chi connectivity index (χ4n) is 1.97. The largest absolute Gasteiger partial charge is 0.423 e. The molecule has 0 amide bonds. The number of nitrogens with one attached hydrogen (secondary N) is 1. The predicted molar refractivity (Wildman–Crippen MR) is 81.7 cm³/mol. The van der Waals surface area contributed by atoms with Crippen LogP contribution in [0, 0.1) is 11.3 Å². The molecule has 0 aliphatic carbocycles. The van der Waals surface area contributed by atoms with Crippen LogP contribution in [0.3, 0.4) is 0 Å². The van der Waals surface area contributed by atoms with Gasteiger partial charge in [-0.15, -0.1) is 10.2 Å². The minimum absolute atomic E-state index is 0.0287. The lowest BCUT2D eigenvalue weighted by atomic mass is 10.2. The molecule has 0 saturated heterocycles. The molecule has 0 radical (unpaired) electrons. The number of nitriles is 1. The van der Waals surface area contributed by atoms with Crippen LogP contribution < -0.4 is 4.72 Å². The summed E-state index contributed by atoms with van der Waals surface area (Å²) >= 11 is 0. The van der Waals surface area contributed by atoms with E-state index in [2.05, 4.69) is 14.9 Å². The van der Waals surface area contributed by atoms with Gasteiger partial charge in [-0.1, -0.05) is 18.2 Å². The van der Waals surface area contributed by atoms with E-state index in [4.69, 9.17) is 9.68 Å². The van der Waals surface area contributed by atoms with Gasteiger partial charge >= 0.3 is 0 Å². The molecule has 0 aliphatic heterocycles. The van der Waals surface area contributed by atoms with Gasteiger partial charge in [0.05, 0.1) is 16.1 Å². The fourth-order valence-corrected chi connectivity index (χ4v) is 3.09. The molecular formula is C15H10N4O3S. The first kappa shape index (κ1) is 14.7. The summed E-state index contributed by atoms with van der Waals surface area (Å²) in [7, 11) is -3.85. The van der Waals surface area contributed by atoms with E-state index in [0.717, 1.165) is 6.39 Å². The molecule has 0 saturated carbocycles. The third-order valence-electron chi connectivity index (χ3n) is 3.04. The summed E-state index contributed by atoms with van der Waals surface area (Å²) in [6.45, 7) is 0. The number of para-hydroxylation sites is 1. The van der Waals surface area contributed by atoms with Crippen LogP contribution in [0.15, 0.2) is 64.2 Å². The molecule has 0 atom stereocenters. The molecule has 7 nitrogen and oxygen atoms in total. The zero-order chi connectivity index (χ0) is 16.3. The molecule has 0 bridgehead atoms. The van der Waals surface area contributed by atoms with Crippen molar-refractivity contribution >= 4 is 15.7 Å². The van der Waals surface area contributed by atoms with Crippen molar-refractivity contribution < 1.29 is 12.8 Å². The van der Waals surface area contributed by atoms with E-state index in [-0.39, 0.29) is 22.0 Å². The number of benzene rings is 2. The molecule has 23 heavy (non-hydrogen) atoms. The Labute approximate surface area is 132 Å². The Balaban J connectivity index is 1.98. The number of sulfonamides is 1. The van der Waals surface area contributed by atoms with E-state index in [0.29, 0.717) is 5.56 Å². The van der Waals surface area contributed by atoms with Gasteiger partial charge < -0.3 is 4.42 Å². The van der Waals surface area contributed by atoms with Crippen LogP contribution in [0.1, 0.15) is 5.56 Å². The highest BCUT2D eigenvalue weighted by atomic mass is 32.2. The van der Waals surface area contributed by atoms with E-state index in [1.54, 1.807) is 24.3 Å². The van der Waals surface area contributed by atoms with Crippen molar-refractivity contribution in [3.05, 3.63) is 60.5 Å². The molecule has 114 valence electrons. The second kappa shape index (κ2) is 5.90. The van der Waals surface area contributed by atoms with Gasteiger partial charge in [0.25, 0.3) is 10.0 Å². The fraction of sp³-hybridized carbons (Fsp3) is 0. The lowest BCUT2D eigenvalue weighted by Crippen LogP contribution is -2.13. The maximum Gasteiger partial charge on any atom is 0.261 e. The molecule has 2 aromatic carbocycles. The second-order valence-electron chi connectivity index (χ2n) is 4.53. The van der Waals surface area contributed by atoms with Crippen molar-refractivity contribution in [1.82, 2.24) is 10.2 Å². The maximum absolute atomic E-state index is 12.5. The van der Waals surface area contributed by atoms with Gasteiger partial charge in [-0.3, -0.25) is 4.72 Å². The molecule has 0 aliphatic rings. The Bertz CT molecular complexity index is 976. The SMILES string of the molecule is N#Cc1ccccc1NS(=O)(=O)c1cccc(-c2nnco2)c1. The van der Waals surface area contributed by atoms with Gasteiger partial charge in [0, 0.05) is 5.56 Å². The van der Waals surface area contributed by atoms with E-state index in [1.807, 2.05) is 6.07 Å². The molecule has 0 fully saturated rings. The molecule has 1 N–H and O–H groups in total. The van der Waals surface area contributed by atoms with Crippen LogP contribution in [0.2, 0.25) is 0 Å². The number of hydrogen-bond donors (Lipinski definition) is 1. The third-order valence-corrected chi connectivity index (χ3v) is 4.41. The zero-order valence-electron chi connectivity index (χ0n) is 11.7. The summed E-state index contributed by atoms with van der Waals surface area (Å²) < 4.78 is 32.5. The first-order chi connectivity index (χ1) is 11.1. The van der Waals surface area contributed by atoms with Gasteiger partial charge in [-0.2, -0.15) is 5.26 Å². The zero-order valence-corrected chi connectivity index (χ0v) is 12.5. The van der Waals surface area contributed by atoms with Crippen LogP contribution in [0.5, 0.6) is 0 Å².